The molecule has 0 aromatic carbocycles. The third-order valence-corrected chi connectivity index (χ3v) is 3.62. The number of nitrogens with one attached hydrogen (secondary N) is 1. The fourth-order valence-electron chi connectivity index (χ4n) is 2.54. The topological polar surface area (TPSA) is 73.3 Å². The molecule has 0 aliphatic heterocycles. The number of ether oxygens (including phenoxy) is 2. The molecule has 1 saturated carbocycles. The summed E-state index contributed by atoms with van der Waals surface area (Å²) < 4.78 is 11.0. The Bertz CT molecular complexity index is 459. The van der Waals surface area contributed by atoms with Crippen LogP contribution in [0.1, 0.15) is 45.4 Å². The van der Waals surface area contributed by atoms with E-state index in [1.165, 1.54) is 0 Å². The molecule has 1 amide bonds. The Morgan fingerprint density at radius 3 is 2.52 bits per heavy atom. The van der Waals surface area contributed by atoms with Crippen molar-refractivity contribution in [1.29, 1.82) is 0 Å². The summed E-state index contributed by atoms with van der Waals surface area (Å²) in [5.41, 5.74) is 0. The van der Waals surface area contributed by atoms with Crippen molar-refractivity contribution in [2.75, 3.05) is 7.11 Å². The summed E-state index contributed by atoms with van der Waals surface area (Å²) in [6.45, 7) is 2.01. The molecule has 1 aromatic rings. The fourth-order valence-corrected chi connectivity index (χ4v) is 2.54. The number of amides is 1. The van der Waals surface area contributed by atoms with Gasteiger partial charge in [-0.1, -0.05) is 6.92 Å². The van der Waals surface area contributed by atoms with Gasteiger partial charge in [0.1, 0.15) is 6.10 Å². The molecule has 1 aromatic heterocycles. The fraction of sp³-hybridized carbons (Fsp3) is 0.667. The minimum atomic E-state index is 0.106. The molecular formula is C15H23N3O3. The quantitative estimate of drug-likeness (QED) is 0.869. The zero-order valence-corrected chi connectivity index (χ0v) is 12.7. The number of rotatable bonds is 6. The second kappa shape index (κ2) is 7.81. The van der Waals surface area contributed by atoms with Crippen LogP contribution in [-0.2, 0) is 4.79 Å². The number of aromatic nitrogens is 2. The Morgan fingerprint density at radius 2 is 1.90 bits per heavy atom. The normalized spacial score (nSPS) is 21.6. The van der Waals surface area contributed by atoms with Gasteiger partial charge in [-0.15, -0.1) is 0 Å². The second-order valence-electron chi connectivity index (χ2n) is 5.28. The molecule has 1 heterocycles. The van der Waals surface area contributed by atoms with Crippen molar-refractivity contribution in [3.8, 4) is 11.8 Å². The maximum Gasteiger partial charge on any atom is 0.278 e. The third-order valence-electron chi connectivity index (χ3n) is 3.62. The first-order valence-corrected chi connectivity index (χ1v) is 7.54. The van der Waals surface area contributed by atoms with E-state index in [-0.39, 0.29) is 18.1 Å². The molecule has 1 aliphatic rings. The average molecular weight is 293 g/mol. The highest BCUT2D eigenvalue weighted by molar-refractivity contribution is 5.76. The lowest BCUT2D eigenvalue weighted by molar-refractivity contribution is -0.122. The molecule has 0 bridgehead atoms. The molecule has 0 spiro atoms. The Hall–Kier alpha value is -1.85. The van der Waals surface area contributed by atoms with Crippen molar-refractivity contribution in [2.24, 2.45) is 0 Å². The van der Waals surface area contributed by atoms with Crippen molar-refractivity contribution < 1.29 is 14.3 Å². The van der Waals surface area contributed by atoms with E-state index < -0.39 is 0 Å². The Kier molecular flexibility index (Phi) is 5.78. The van der Waals surface area contributed by atoms with Gasteiger partial charge in [-0.3, -0.25) is 4.79 Å². The molecule has 116 valence electrons. The number of hydrogen-bond donors (Lipinski definition) is 1. The molecule has 1 N–H and O–H groups in total. The van der Waals surface area contributed by atoms with Crippen molar-refractivity contribution in [3.05, 3.63) is 12.4 Å². The highest BCUT2D eigenvalue weighted by Crippen LogP contribution is 2.27. The molecule has 0 saturated heterocycles. The lowest BCUT2D eigenvalue weighted by Gasteiger charge is -2.29. The van der Waals surface area contributed by atoms with Crippen LogP contribution in [0.25, 0.3) is 0 Å². The molecular weight excluding hydrogens is 270 g/mol. The third kappa shape index (κ3) is 4.58. The van der Waals surface area contributed by atoms with Crippen molar-refractivity contribution in [1.82, 2.24) is 15.3 Å². The molecule has 21 heavy (non-hydrogen) atoms. The number of carbonyl (C=O) groups excluding carboxylic acids is 1. The predicted molar refractivity (Wildman–Crippen MR) is 78.3 cm³/mol. The van der Waals surface area contributed by atoms with Gasteiger partial charge in [0, 0.05) is 24.9 Å². The highest BCUT2D eigenvalue weighted by atomic mass is 16.5. The van der Waals surface area contributed by atoms with Gasteiger partial charge in [-0.25, -0.2) is 9.97 Å². The zero-order valence-electron chi connectivity index (χ0n) is 12.7. The smallest absolute Gasteiger partial charge is 0.278 e. The molecule has 0 atom stereocenters. The summed E-state index contributed by atoms with van der Waals surface area (Å²) in [6, 6.07) is 0.271. The van der Waals surface area contributed by atoms with E-state index in [0.717, 1.165) is 32.1 Å². The lowest BCUT2D eigenvalue weighted by atomic mass is 9.93. The van der Waals surface area contributed by atoms with Gasteiger partial charge >= 0.3 is 0 Å². The van der Waals surface area contributed by atoms with E-state index in [0.29, 0.717) is 18.2 Å². The maximum atomic E-state index is 11.6. The largest absolute Gasteiger partial charge is 0.477 e. The Morgan fingerprint density at radius 1 is 1.24 bits per heavy atom. The SMILES string of the molecule is CCCC(=O)NC1CCC(Oc2nccnc2OC)CC1. The minimum Gasteiger partial charge on any atom is -0.477 e. The number of hydrogen-bond acceptors (Lipinski definition) is 5. The van der Waals surface area contributed by atoms with E-state index in [9.17, 15) is 4.79 Å². The summed E-state index contributed by atoms with van der Waals surface area (Å²) in [5, 5.41) is 3.08. The van der Waals surface area contributed by atoms with Gasteiger partial charge in [0.05, 0.1) is 7.11 Å². The lowest BCUT2D eigenvalue weighted by Crippen LogP contribution is -2.39. The van der Waals surface area contributed by atoms with Crippen LogP contribution in [0.2, 0.25) is 0 Å². The van der Waals surface area contributed by atoms with Crippen LogP contribution in [0, 0.1) is 0 Å². The molecule has 0 radical (unpaired) electrons. The average Bonchev–Trinajstić information content (AvgIpc) is 2.50. The molecule has 6 nitrogen and oxygen atoms in total. The van der Waals surface area contributed by atoms with Crippen LogP contribution in [0.5, 0.6) is 11.8 Å². The van der Waals surface area contributed by atoms with Gasteiger partial charge < -0.3 is 14.8 Å². The number of methoxy groups -OCH3 is 1. The van der Waals surface area contributed by atoms with Crippen LogP contribution >= 0.6 is 0 Å². The molecule has 6 heteroatoms. The van der Waals surface area contributed by atoms with Gasteiger partial charge in [-0.05, 0) is 32.1 Å². The van der Waals surface area contributed by atoms with Crippen LogP contribution < -0.4 is 14.8 Å². The van der Waals surface area contributed by atoms with Gasteiger partial charge in [0.2, 0.25) is 5.91 Å². The minimum absolute atomic E-state index is 0.106. The Balaban J connectivity index is 1.80. The standard InChI is InChI=1S/C15H23N3O3/c1-3-4-13(19)18-11-5-7-12(8-6-11)21-15-14(20-2)16-9-10-17-15/h9-12H,3-8H2,1-2H3,(H,18,19). The van der Waals surface area contributed by atoms with Crippen LogP contribution in [0.4, 0.5) is 0 Å². The van der Waals surface area contributed by atoms with Crippen molar-refractivity contribution >= 4 is 5.91 Å². The summed E-state index contributed by atoms with van der Waals surface area (Å²) >= 11 is 0. The molecule has 0 unspecified atom stereocenters. The molecule has 1 fully saturated rings. The maximum absolute atomic E-state index is 11.6. The molecule has 1 aliphatic carbocycles. The van der Waals surface area contributed by atoms with E-state index in [4.69, 9.17) is 9.47 Å². The Labute approximate surface area is 125 Å². The first-order chi connectivity index (χ1) is 10.2. The van der Waals surface area contributed by atoms with E-state index in [1.807, 2.05) is 6.92 Å². The monoisotopic (exact) mass is 293 g/mol. The summed E-state index contributed by atoms with van der Waals surface area (Å²) in [5.74, 6) is 1.01. The van der Waals surface area contributed by atoms with Crippen LogP contribution in [0.3, 0.4) is 0 Å². The van der Waals surface area contributed by atoms with E-state index in [1.54, 1.807) is 19.5 Å². The van der Waals surface area contributed by atoms with Crippen LogP contribution in [-0.4, -0.2) is 35.1 Å². The first-order valence-electron chi connectivity index (χ1n) is 7.54. The zero-order chi connectivity index (χ0) is 15.1. The highest BCUT2D eigenvalue weighted by Gasteiger charge is 2.24. The summed E-state index contributed by atoms with van der Waals surface area (Å²) in [4.78, 5) is 19.8. The predicted octanol–water partition coefficient (Wildman–Crippen LogP) is 2.09. The van der Waals surface area contributed by atoms with Gasteiger partial charge in [0.25, 0.3) is 11.8 Å². The summed E-state index contributed by atoms with van der Waals surface area (Å²) in [7, 11) is 1.55. The van der Waals surface area contributed by atoms with Gasteiger partial charge in [0.15, 0.2) is 0 Å². The number of nitrogens with zero attached hydrogens (tertiary/aromatic N) is 2. The van der Waals surface area contributed by atoms with E-state index >= 15 is 0 Å². The number of carbonyl (C=O) groups is 1. The van der Waals surface area contributed by atoms with Gasteiger partial charge in [-0.2, -0.15) is 0 Å². The van der Waals surface area contributed by atoms with Crippen LogP contribution in [0.15, 0.2) is 12.4 Å². The first kappa shape index (κ1) is 15.5. The second-order valence-corrected chi connectivity index (χ2v) is 5.28. The van der Waals surface area contributed by atoms with E-state index in [2.05, 4.69) is 15.3 Å². The molecule has 2 rings (SSSR count). The van der Waals surface area contributed by atoms with Crippen molar-refractivity contribution in [2.45, 2.75) is 57.6 Å². The summed E-state index contributed by atoms with van der Waals surface area (Å²) in [6.07, 6.45) is 8.43. The van der Waals surface area contributed by atoms with Crippen molar-refractivity contribution in [3.63, 3.8) is 0 Å².